The van der Waals surface area contributed by atoms with Gasteiger partial charge in [0.05, 0.1) is 0 Å². The van der Waals surface area contributed by atoms with E-state index in [4.69, 9.17) is 5.11 Å². The summed E-state index contributed by atoms with van der Waals surface area (Å²) in [6.07, 6.45) is 17.2. The van der Waals surface area contributed by atoms with Crippen molar-refractivity contribution in [3.63, 3.8) is 0 Å². The Morgan fingerprint density at radius 2 is 1.00 bits per heavy atom. The van der Waals surface area contributed by atoms with Gasteiger partial charge in [-0.3, -0.25) is 4.79 Å². The van der Waals surface area contributed by atoms with Gasteiger partial charge in [-0.1, -0.05) is 91.4 Å². The Morgan fingerprint density at radius 3 is 1.33 bits per heavy atom. The summed E-state index contributed by atoms with van der Waals surface area (Å²) >= 11 is 0. The Hall–Kier alpha value is -0.530. The van der Waals surface area contributed by atoms with Crippen LogP contribution in [-0.4, -0.2) is 11.1 Å². The third kappa shape index (κ3) is 19.5. The number of carboxylic acid groups (broad SMARTS) is 1. The maximum atomic E-state index is 10.3. The number of aliphatic carboxylic acids is 1. The fourth-order valence-electron chi connectivity index (χ4n) is 2.70. The molecule has 2 nitrogen and oxygen atoms in total. The van der Waals surface area contributed by atoms with Gasteiger partial charge in [0.1, 0.15) is 0 Å². The average Bonchev–Trinajstić information content (AvgIpc) is 2.37. The van der Waals surface area contributed by atoms with Crippen LogP contribution in [0.1, 0.15) is 111 Å². The van der Waals surface area contributed by atoms with E-state index in [1.54, 1.807) is 0 Å². The summed E-state index contributed by atoms with van der Waals surface area (Å²) in [6.45, 7) is 6.98. The smallest absolute Gasteiger partial charge is 0.303 e. The fourth-order valence-corrected chi connectivity index (χ4v) is 2.70. The van der Waals surface area contributed by atoms with E-state index in [1.165, 1.54) is 70.6 Å². The van der Waals surface area contributed by atoms with Crippen molar-refractivity contribution in [1.82, 2.24) is 0 Å². The zero-order valence-electron chi connectivity index (χ0n) is 14.8. The monoisotopic (exact) mass is 298 g/mol. The number of rotatable bonds is 14. The molecule has 0 bridgehead atoms. The van der Waals surface area contributed by atoms with Crippen molar-refractivity contribution in [3.05, 3.63) is 0 Å². The molecule has 0 rings (SSSR count). The molecular formula is C19H38O2. The lowest BCUT2D eigenvalue weighted by Gasteiger charge is -2.17. The summed E-state index contributed by atoms with van der Waals surface area (Å²) in [5.74, 6) is -0.655. The first kappa shape index (κ1) is 20.5. The van der Waals surface area contributed by atoms with Crippen LogP contribution < -0.4 is 0 Å². The van der Waals surface area contributed by atoms with Crippen LogP contribution in [0.4, 0.5) is 0 Å². The predicted octanol–water partition coefficient (Wildman–Crippen LogP) is 6.58. The highest BCUT2D eigenvalue weighted by molar-refractivity contribution is 5.66. The van der Waals surface area contributed by atoms with Crippen LogP contribution in [0, 0.1) is 5.41 Å². The molecule has 2 heteroatoms. The topological polar surface area (TPSA) is 37.3 Å². The van der Waals surface area contributed by atoms with E-state index in [1.807, 2.05) is 0 Å². The molecule has 126 valence electrons. The molecule has 21 heavy (non-hydrogen) atoms. The zero-order chi connectivity index (χ0) is 16.0. The van der Waals surface area contributed by atoms with E-state index >= 15 is 0 Å². The van der Waals surface area contributed by atoms with E-state index in [-0.39, 0.29) is 0 Å². The Labute approximate surface area is 132 Å². The summed E-state index contributed by atoms with van der Waals surface area (Å²) in [6, 6.07) is 0. The van der Waals surface area contributed by atoms with Crippen molar-refractivity contribution < 1.29 is 9.90 Å². The second-order valence-electron chi connectivity index (χ2n) is 7.70. The largest absolute Gasteiger partial charge is 0.481 e. The normalized spacial score (nSPS) is 11.8. The van der Waals surface area contributed by atoms with Gasteiger partial charge in [-0.05, 0) is 18.3 Å². The van der Waals surface area contributed by atoms with Crippen LogP contribution in [0.25, 0.3) is 0 Å². The van der Waals surface area contributed by atoms with Gasteiger partial charge in [0.15, 0.2) is 0 Å². The standard InChI is InChI=1S/C19H38O2/c1-19(2,3)17-15-13-11-9-7-5-4-6-8-10-12-14-16-18(20)21/h4-17H2,1-3H3,(H,20,21). The van der Waals surface area contributed by atoms with Crippen LogP contribution in [0.3, 0.4) is 0 Å². The summed E-state index contributed by atoms with van der Waals surface area (Å²) in [5, 5.41) is 8.53. The van der Waals surface area contributed by atoms with E-state index in [0.717, 1.165) is 12.8 Å². The molecule has 0 spiro atoms. The SMILES string of the molecule is CC(C)(C)CCCCCCCCCCCCCCC(=O)O. The maximum Gasteiger partial charge on any atom is 0.303 e. The molecule has 0 aromatic rings. The summed E-state index contributed by atoms with van der Waals surface area (Å²) < 4.78 is 0. The molecule has 0 unspecified atom stereocenters. The summed E-state index contributed by atoms with van der Waals surface area (Å²) in [4.78, 5) is 10.3. The Kier molecular flexibility index (Phi) is 12.8. The molecule has 0 radical (unpaired) electrons. The van der Waals surface area contributed by atoms with Crippen molar-refractivity contribution >= 4 is 5.97 Å². The summed E-state index contributed by atoms with van der Waals surface area (Å²) in [5.41, 5.74) is 0.504. The van der Waals surface area contributed by atoms with E-state index in [0.29, 0.717) is 11.8 Å². The second-order valence-corrected chi connectivity index (χ2v) is 7.70. The molecule has 0 saturated heterocycles. The number of unbranched alkanes of at least 4 members (excludes halogenated alkanes) is 11. The molecule has 0 aliphatic rings. The molecule has 0 atom stereocenters. The van der Waals surface area contributed by atoms with Crippen LogP contribution in [0.15, 0.2) is 0 Å². The van der Waals surface area contributed by atoms with Gasteiger partial charge in [-0.2, -0.15) is 0 Å². The van der Waals surface area contributed by atoms with Gasteiger partial charge in [-0.25, -0.2) is 0 Å². The number of carbonyl (C=O) groups is 1. The Morgan fingerprint density at radius 1 is 0.667 bits per heavy atom. The molecule has 0 aliphatic heterocycles. The molecule has 0 saturated carbocycles. The molecule has 0 aromatic heterocycles. The van der Waals surface area contributed by atoms with Gasteiger partial charge < -0.3 is 5.11 Å². The van der Waals surface area contributed by atoms with Crippen LogP contribution in [0.5, 0.6) is 0 Å². The van der Waals surface area contributed by atoms with E-state index in [9.17, 15) is 4.79 Å². The van der Waals surface area contributed by atoms with E-state index in [2.05, 4.69) is 20.8 Å². The van der Waals surface area contributed by atoms with Gasteiger partial charge >= 0.3 is 5.97 Å². The number of hydrogen-bond donors (Lipinski definition) is 1. The highest BCUT2D eigenvalue weighted by Crippen LogP contribution is 2.22. The highest BCUT2D eigenvalue weighted by atomic mass is 16.4. The molecule has 0 fully saturated rings. The lowest BCUT2D eigenvalue weighted by molar-refractivity contribution is -0.137. The average molecular weight is 299 g/mol. The van der Waals surface area contributed by atoms with Crippen LogP contribution in [-0.2, 0) is 4.79 Å². The van der Waals surface area contributed by atoms with Crippen molar-refractivity contribution in [2.24, 2.45) is 5.41 Å². The predicted molar refractivity (Wildman–Crippen MR) is 91.7 cm³/mol. The zero-order valence-corrected chi connectivity index (χ0v) is 14.8. The molecular weight excluding hydrogens is 260 g/mol. The van der Waals surface area contributed by atoms with Crippen molar-refractivity contribution in [1.29, 1.82) is 0 Å². The molecule has 1 N–H and O–H groups in total. The Balaban J connectivity index is 3.04. The van der Waals surface area contributed by atoms with Crippen molar-refractivity contribution in [2.45, 2.75) is 111 Å². The van der Waals surface area contributed by atoms with E-state index < -0.39 is 5.97 Å². The van der Waals surface area contributed by atoms with Crippen LogP contribution in [0.2, 0.25) is 0 Å². The molecule has 0 heterocycles. The lowest BCUT2D eigenvalue weighted by Crippen LogP contribution is -2.03. The van der Waals surface area contributed by atoms with Gasteiger partial charge in [0.25, 0.3) is 0 Å². The minimum Gasteiger partial charge on any atom is -0.481 e. The van der Waals surface area contributed by atoms with Crippen LogP contribution >= 0.6 is 0 Å². The number of carboxylic acids is 1. The Bertz CT molecular complexity index is 240. The first-order valence-corrected chi connectivity index (χ1v) is 9.13. The fraction of sp³-hybridized carbons (Fsp3) is 0.947. The third-order valence-corrected chi connectivity index (χ3v) is 4.07. The maximum absolute atomic E-state index is 10.3. The molecule has 0 aromatic carbocycles. The first-order chi connectivity index (χ1) is 9.92. The molecule has 0 aliphatic carbocycles. The quantitative estimate of drug-likeness (QED) is 0.368. The minimum atomic E-state index is -0.655. The first-order valence-electron chi connectivity index (χ1n) is 9.13. The lowest BCUT2D eigenvalue weighted by atomic mass is 9.89. The minimum absolute atomic E-state index is 0.342. The highest BCUT2D eigenvalue weighted by Gasteiger charge is 2.08. The van der Waals surface area contributed by atoms with Crippen molar-refractivity contribution in [2.75, 3.05) is 0 Å². The van der Waals surface area contributed by atoms with Gasteiger partial charge in [0.2, 0.25) is 0 Å². The summed E-state index contributed by atoms with van der Waals surface area (Å²) in [7, 11) is 0. The van der Waals surface area contributed by atoms with Gasteiger partial charge in [0, 0.05) is 6.42 Å². The third-order valence-electron chi connectivity index (χ3n) is 4.07. The second kappa shape index (κ2) is 13.2. The van der Waals surface area contributed by atoms with Crippen molar-refractivity contribution in [3.8, 4) is 0 Å². The molecule has 0 amide bonds. The van der Waals surface area contributed by atoms with Gasteiger partial charge in [-0.15, -0.1) is 0 Å². The number of hydrogen-bond acceptors (Lipinski definition) is 1.